The highest BCUT2D eigenvalue weighted by molar-refractivity contribution is 7.99. The van der Waals surface area contributed by atoms with Crippen molar-refractivity contribution in [2.24, 2.45) is 17.8 Å². The van der Waals surface area contributed by atoms with Crippen molar-refractivity contribution in [3.63, 3.8) is 0 Å². The van der Waals surface area contributed by atoms with E-state index in [1.165, 1.54) is 31.0 Å². The molecule has 0 radical (unpaired) electrons. The minimum Gasteiger partial charge on any atom is -0.332 e. The molecule has 4 nitrogen and oxygen atoms in total. The van der Waals surface area contributed by atoms with E-state index >= 15 is 0 Å². The van der Waals surface area contributed by atoms with Crippen molar-refractivity contribution in [2.75, 3.05) is 12.0 Å². The molecule has 4 aliphatic rings. The van der Waals surface area contributed by atoms with Crippen LogP contribution in [0.25, 0.3) is 0 Å². The fourth-order valence-electron chi connectivity index (χ4n) is 4.83. The normalized spacial score (nSPS) is 39.1. The topological polar surface area (TPSA) is 58.2 Å². The molecule has 0 heterocycles. The van der Waals surface area contributed by atoms with E-state index in [0.29, 0.717) is 5.75 Å². The van der Waals surface area contributed by atoms with E-state index in [-0.39, 0.29) is 17.5 Å². The third-order valence-corrected chi connectivity index (χ3v) is 5.50. The van der Waals surface area contributed by atoms with Crippen molar-refractivity contribution in [3.05, 3.63) is 0 Å². The van der Waals surface area contributed by atoms with Crippen molar-refractivity contribution in [1.29, 1.82) is 0 Å². The van der Waals surface area contributed by atoms with Crippen molar-refractivity contribution in [2.45, 2.75) is 44.1 Å². The molecule has 3 amide bonds. The number of thioether (sulfide) groups is 1. The van der Waals surface area contributed by atoms with Gasteiger partial charge in [-0.1, -0.05) is 0 Å². The van der Waals surface area contributed by atoms with Crippen LogP contribution in [-0.4, -0.2) is 29.5 Å². The van der Waals surface area contributed by atoms with Gasteiger partial charge < -0.3 is 5.32 Å². The van der Waals surface area contributed by atoms with Crippen LogP contribution in [0.2, 0.25) is 0 Å². The molecule has 0 atom stereocenters. The largest absolute Gasteiger partial charge is 0.332 e. The second kappa shape index (κ2) is 5.00. The number of hydrogen-bond acceptors (Lipinski definition) is 3. The number of urea groups is 1. The van der Waals surface area contributed by atoms with Crippen LogP contribution >= 0.6 is 11.8 Å². The predicted molar refractivity (Wildman–Crippen MR) is 76.0 cm³/mol. The van der Waals surface area contributed by atoms with Gasteiger partial charge in [0.15, 0.2) is 0 Å². The fraction of sp³-hybridized carbons (Fsp3) is 0.857. The van der Waals surface area contributed by atoms with Crippen molar-refractivity contribution < 1.29 is 9.59 Å². The van der Waals surface area contributed by atoms with Gasteiger partial charge in [0, 0.05) is 5.54 Å². The van der Waals surface area contributed by atoms with E-state index < -0.39 is 0 Å². The first-order valence-corrected chi connectivity index (χ1v) is 8.59. The summed E-state index contributed by atoms with van der Waals surface area (Å²) in [5.41, 5.74) is -0.0154. The minimum absolute atomic E-state index is 0.0154. The van der Waals surface area contributed by atoms with Crippen LogP contribution in [0.5, 0.6) is 0 Å². The summed E-state index contributed by atoms with van der Waals surface area (Å²) in [6, 6.07) is -0.291. The summed E-state index contributed by atoms with van der Waals surface area (Å²) in [4.78, 5) is 23.4. The molecule has 19 heavy (non-hydrogen) atoms. The molecule has 4 aliphatic carbocycles. The Balaban J connectivity index is 1.60. The van der Waals surface area contributed by atoms with Gasteiger partial charge in [-0.2, -0.15) is 11.8 Å². The van der Waals surface area contributed by atoms with Crippen LogP contribution in [-0.2, 0) is 4.79 Å². The SMILES string of the molecule is CSCC(=O)NC(=O)NC12CC3CC(CC(C3)C1)C2. The van der Waals surface area contributed by atoms with Crippen molar-refractivity contribution in [1.82, 2.24) is 10.6 Å². The number of amides is 3. The van der Waals surface area contributed by atoms with Gasteiger partial charge in [0.05, 0.1) is 5.75 Å². The molecule has 0 spiro atoms. The molecule has 0 aromatic rings. The van der Waals surface area contributed by atoms with Gasteiger partial charge in [-0.05, 0) is 62.5 Å². The highest BCUT2D eigenvalue weighted by atomic mass is 32.2. The van der Waals surface area contributed by atoms with Gasteiger partial charge in [0.1, 0.15) is 0 Å². The Morgan fingerprint density at radius 3 is 2.11 bits per heavy atom. The first kappa shape index (κ1) is 13.3. The Morgan fingerprint density at radius 1 is 1.11 bits per heavy atom. The number of carbonyl (C=O) groups is 2. The number of carbonyl (C=O) groups excluding carboxylic acids is 2. The van der Waals surface area contributed by atoms with Gasteiger partial charge in [-0.3, -0.25) is 10.1 Å². The van der Waals surface area contributed by atoms with Crippen LogP contribution in [0.15, 0.2) is 0 Å². The standard InChI is InChI=1S/C14H22N2O2S/c1-19-8-12(17)15-13(18)16-14-5-9-2-10(6-14)4-11(3-9)7-14/h9-11H,2-8H2,1H3,(H2,15,16,17,18). The summed E-state index contributed by atoms with van der Waals surface area (Å²) < 4.78 is 0. The zero-order chi connectivity index (χ0) is 13.5. The Labute approximate surface area is 118 Å². The zero-order valence-corrected chi connectivity index (χ0v) is 12.2. The molecule has 4 bridgehead atoms. The predicted octanol–water partition coefficient (Wildman–Crippen LogP) is 2.14. The Hall–Kier alpha value is -0.710. The van der Waals surface area contributed by atoms with Gasteiger partial charge in [0.2, 0.25) is 5.91 Å². The minimum atomic E-state index is -0.291. The van der Waals surface area contributed by atoms with E-state index in [9.17, 15) is 9.59 Å². The van der Waals surface area contributed by atoms with Gasteiger partial charge >= 0.3 is 6.03 Å². The molecule has 5 heteroatoms. The monoisotopic (exact) mass is 282 g/mol. The van der Waals surface area contributed by atoms with Gasteiger partial charge in [-0.15, -0.1) is 0 Å². The molecule has 4 saturated carbocycles. The lowest BCUT2D eigenvalue weighted by molar-refractivity contribution is -0.117. The van der Waals surface area contributed by atoms with E-state index in [1.54, 1.807) is 0 Å². The Bertz CT molecular complexity index is 362. The lowest BCUT2D eigenvalue weighted by atomic mass is 9.53. The average molecular weight is 282 g/mol. The van der Waals surface area contributed by atoms with Crippen molar-refractivity contribution >= 4 is 23.7 Å². The third-order valence-electron chi connectivity index (χ3n) is 4.95. The van der Waals surface area contributed by atoms with Crippen LogP contribution in [0.4, 0.5) is 4.79 Å². The van der Waals surface area contributed by atoms with Crippen LogP contribution < -0.4 is 10.6 Å². The lowest BCUT2D eigenvalue weighted by Crippen LogP contribution is -2.61. The molecular weight excluding hydrogens is 260 g/mol. The molecule has 106 valence electrons. The van der Waals surface area contributed by atoms with E-state index in [1.807, 2.05) is 6.26 Å². The maximum absolute atomic E-state index is 12.0. The molecule has 0 aromatic heterocycles. The van der Waals surface area contributed by atoms with E-state index in [0.717, 1.165) is 37.0 Å². The quantitative estimate of drug-likeness (QED) is 0.834. The van der Waals surface area contributed by atoms with E-state index in [2.05, 4.69) is 10.6 Å². The summed E-state index contributed by atoms with van der Waals surface area (Å²) in [7, 11) is 0. The number of hydrogen-bond donors (Lipinski definition) is 2. The average Bonchev–Trinajstić information content (AvgIpc) is 2.25. The lowest BCUT2D eigenvalue weighted by Gasteiger charge is -2.56. The maximum Gasteiger partial charge on any atom is 0.321 e. The summed E-state index contributed by atoms with van der Waals surface area (Å²) in [5.74, 6) is 2.54. The molecule has 4 fully saturated rings. The summed E-state index contributed by atoms with van der Waals surface area (Å²) in [5, 5.41) is 5.58. The maximum atomic E-state index is 12.0. The summed E-state index contributed by atoms with van der Waals surface area (Å²) in [6.45, 7) is 0. The molecule has 0 saturated heterocycles. The Kier molecular flexibility index (Phi) is 3.50. The molecule has 0 aromatic carbocycles. The number of nitrogens with one attached hydrogen (secondary N) is 2. The summed E-state index contributed by atoms with van der Waals surface area (Å²) in [6.07, 6.45) is 9.27. The van der Waals surface area contributed by atoms with Crippen LogP contribution in [0.3, 0.4) is 0 Å². The van der Waals surface area contributed by atoms with Crippen LogP contribution in [0.1, 0.15) is 38.5 Å². The second-order valence-electron chi connectivity index (χ2n) is 6.63. The first-order chi connectivity index (χ1) is 9.08. The molecule has 0 aliphatic heterocycles. The second-order valence-corrected chi connectivity index (χ2v) is 7.50. The summed E-state index contributed by atoms with van der Waals surface area (Å²) >= 11 is 1.43. The Morgan fingerprint density at radius 2 is 1.63 bits per heavy atom. The number of rotatable bonds is 3. The van der Waals surface area contributed by atoms with Crippen molar-refractivity contribution in [3.8, 4) is 0 Å². The molecule has 4 rings (SSSR count). The molecule has 0 unspecified atom stereocenters. The first-order valence-electron chi connectivity index (χ1n) is 7.19. The van der Waals surface area contributed by atoms with Crippen LogP contribution in [0, 0.1) is 17.8 Å². The van der Waals surface area contributed by atoms with Gasteiger partial charge in [0.25, 0.3) is 0 Å². The van der Waals surface area contributed by atoms with E-state index in [4.69, 9.17) is 0 Å². The zero-order valence-electron chi connectivity index (χ0n) is 11.4. The molecular formula is C14H22N2O2S. The number of imide groups is 1. The highest BCUT2D eigenvalue weighted by Crippen LogP contribution is 2.55. The van der Waals surface area contributed by atoms with Gasteiger partial charge in [-0.25, -0.2) is 4.79 Å². The third kappa shape index (κ3) is 2.76. The molecule has 2 N–H and O–H groups in total. The fourth-order valence-corrected chi connectivity index (χ4v) is 5.16. The smallest absolute Gasteiger partial charge is 0.321 e. The highest BCUT2D eigenvalue weighted by Gasteiger charge is 2.51.